The van der Waals surface area contributed by atoms with E-state index in [4.69, 9.17) is 5.73 Å². The molecule has 0 spiro atoms. The Bertz CT molecular complexity index is 157. The molecule has 0 aliphatic heterocycles. The predicted molar refractivity (Wildman–Crippen MR) is 55.3 cm³/mol. The van der Waals surface area contributed by atoms with Crippen molar-refractivity contribution in [2.45, 2.75) is 38.6 Å². The third-order valence-electron chi connectivity index (χ3n) is 1.90. The summed E-state index contributed by atoms with van der Waals surface area (Å²) in [7, 11) is 0. The summed E-state index contributed by atoms with van der Waals surface area (Å²) in [6.07, 6.45) is 5.35. The third-order valence-corrected chi connectivity index (χ3v) is 1.90. The highest BCUT2D eigenvalue weighted by Gasteiger charge is 1.99. The van der Waals surface area contributed by atoms with Gasteiger partial charge in [-0.1, -0.05) is 6.08 Å². The summed E-state index contributed by atoms with van der Waals surface area (Å²) in [5.74, 6) is -0.222. The van der Waals surface area contributed by atoms with Crippen molar-refractivity contribution in [2.24, 2.45) is 5.73 Å². The van der Waals surface area contributed by atoms with Crippen LogP contribution in [0.3, 0.4) is 0 Å². The topological polar surface area (TPSA) is 55.1 Å². The Labute approximate surface area is 80.4 Å². The average Bonchev–Trinajstić information content (AvgIpc) is 2.08. The van der Waals surface area contributed by atoms with Gasteiger partial charge >= 0.3 is 0 Å². The zero-order valence-corrected chi connectivity index (χ0v) is 8.38. The average molecular weight is 184 g/mol. The second-order valence-corrected chi connectivity index (χ2v) is 3.29. The van der Waals surface area contributed by atoms with Crippen LogP contribution >= 0.6 is 0 Å². The molecular weight excluding hydrogens is 164 g/mol. The molecule has 76 valence electrons. The maximum atomic E-state index is 10.4. The van der Waals surface area contributed by atoms with Crippen molar-refractivity contribution in [3.05, 3.63) is 12.7 Å². The second-order valence-electron chi connectivity index (χ2n) is 3.29. The van der Waals surface area contributed by atoms with Crippen molar-refractivity contribution in [3.8, 4) is 0 Å². The van der Waals surface area contributed by atoms with Crippen molar-refractivity contribution in [3.63, 3.8) is 0 Å². The van der Waals surface area contributed by atoms with Gasteiger partial charge in [-0.25, -0.2) is 0 Å². The molecule has 3 N–H and O–H groups in total. The Hall–Kier alpha value is -0.830. The highest BCUT2D eigenvalue weighted by Crippen LogP contribution is 1.96. The Kier molecular flexibility index (Phi) is 7.30. The molecule has 0 rings (SSSR count). The molecule has 0 fully saturated rings. The quantitative estimate of drug-likeness (QED) is 0.440. The molecule has 0 aliphatic carbocycles. The maximum absolute atomic E-state index is 10.4. The van der Waals surface area contributed by atoms with Gasteiger partial charge in [0.1, 0.15) is 0 Å². The summed E-state index contributed by atoms with van der Waals surface area (Å²) in [6.45, 7) is 6.66. The first-order valence-electron chi connectivity index (χ1n) is 4.79. The molecule has 13 heavy (non-hydrogen) atoms. The molecule has 0 aromatic carbocycles. The molecule has 0 aliphatic rings. The summed E-state index contributed by atoms with van der Waals surface area (Å²) in [5.41, 5.74) is 5.01. The summed E-state index contributed by atoms with van der Waals surface area (Å²) in [6, 6.07) is 0.492. The molecule has 0 heterocycles. The molecule has 1 atom stereocenters. The smallest absolute Gasteiger partial charge is 0.217 e. The molecule has 0 bridgehead atoms. The van der Waals surface area contributed by atoms with Crippen LogP contribution in [0.4, 0.5) is 0 Å². The third kappa shape index (κ3) is 9.08. The zero-order valence-electron chi connectivity index (χ0n) is 8.38. The minimum absolute atomic E-state index is 0.222. The molecule has 0 radical (unpaired) electrons. The lowest BCUT2D eigenvalue weighted by Crippen LogP contribution is -2.27. The van der Waals surface area contributed by atoms with Crippen molar-refractivity contribution in [1.29, 1.82) is 0 Å². The van der Waals surface area contributed by atoms with Crippen molar-refractivity contribution >= 4 is 5.91 Å². The molecule has 1 amide bonds. The van der Waals surface area contributed by atoms with Gasteiger partial charge in [0.2, 0.25) is 5.91 Å². The van der Waals surface area contributed by atoms with E-state index in [0.717, 1.165) is 25.8 Å². The minimum atomic E-state index is -0.222. The Balaban J connectivity index is 3.21. The van der Waals surface area contributed by atoms with Crippen LogP contribution < -0.4 is 11.1 Å². The number of hydrogen-bond acceptors (Lipinski definition) is 2. The van der Waals surface area contributed by atoms with Crippen LogP contribution in [0.15, 0.2) is 12.7 Å². The lowest BCUT2D eigenvalue weighted by molar-refractivity contribution is -0.118. The van der Waals surface area contributed by atoms with Gasteiger partial charge in [-0.3, -0.25) is 4.79 Å². The van der Waals surface area contributed by atoms with Crippen LogP contribution in [-0.4, -0.2) is 18.5 Å². The van der Waals surface area contributed by atoms with Gasteiger partial charge in [0.05, 0.1) is 0 Å². The van der Waals surface area contributed by atoms with Crippen molar-refractivity contribution in [2.75, 3.05) is 6.54 Å². The number of primary amides is 1. The van der Waals surface area contributed by atoms with E-state index in [2.05, 4.69) is 18.8 Å². The number of rotatable bonds is 8. The van der Waals surface area contributed by atoms with E-state index in [1.54, 1.807) is 0 Å². The molecule has 3 nitrogen and oxygen atoms in total. The van der Waals surface area contributed by atoms with Gasteiger partial charge in [-0.15, -0.1) is 6.58 Å². The highest BCUT2D eigenvalue weighted by atomic mass is 16.1. The van der Waals surface area contributed by atoms with Gasteiger partial charge < -0.3 is 11.1 Å². The molecule has 0 aromatic heterocycles. The van der Waals surface area contributed by atoms with Crippen LogP contribution in [0.25, 0.3) is 0 Å². The molecule has 1 unspecified atom stereocenters. The van der Waals surface area contributed by atoms with E-state index in [9.17, 15) is 4.79 Å². The lowest BCUT2D eigenvalue weighted by Gasteiger charge is -2.11. The van der Waals surface area contributed by atoms with Gasteiger partial charge in [-0.2, -0.15) is 0 Å². The Morgan fingerprint density at radius 1 is 1.69 bits per heavy atom. The van der Waals surface area contributed by atoms with Gasteiger partial charge in [0, 0.05) is 12.5 Å². The summed E-state index contributed by atoms with van der Waals surface area (Å²) < 4.78 is 0. The summed E-state index contributed by atoms with van der Waals surface area (Å²) in [5, 5.41) is 3.32. The number of nitrogens with two attached hydrogens (primary N) is 1. The van der Waals surface area contributed by atoms with E-state index in [1.807, 2.05) is 6.08 Å². The largest absolute Gasteiger partial charge is 0.370 e. The second kappa shape index (κ2) is 7.80. The van der Waals surface area contributed by atoms with Crippen molar-refractivity contribution < 1.29 is 4.79 Å². The predicted octanol–water partition coefficient (Wildman–Crippen LogP) is 1.20. The molecule has 0 aromatic rings. The van der Waals surface area contributed by atoms with E-state index in [1.165, 1.54) is 0 Å². The molecular formula is C10H20N2O. The highest BCUT2D eigenvalue weighted by molar-refractivity contribution is 5.73. The van der Waals surface area contributed by atoms with Crippen molar-refractivity contribution in [1.82, 2.24) is 5.32 Å². The first-order chi connectivity index (χ1) is 6.16. The Morgan fingerprint density at radius 2 is 2.38 bits per heavy atom. The zero-order chi connectivity index (χ0) is 10.1. The van der Waals surface area contributed by atoms with Gasteiger partial charge in [0.15, 0.2) is 0 Å². The van der Waals surface area contributed by atoms with Crippen LogP contribution in [0.5, 0.6) is 0 Å². The number of carbonyl (C=O) groups excluding carboxylic acids is 1. The van der Waals surface area contributed by atoms with E-state index >= 15 is 0 Å². The fourth-order valence-corrected chi connectivity index (χ4v) is 1.08. The molecule has 0 saturated heterocycles. The Morgan fingerprint density at radius 3 is 2.92 bits per heavy atom. The molecule has 0 saturated carbocycles. The van der Waals surface area contributed by atoms with Crippen LogP contribution in [0.1, 0.15) is 32.6 Å². The number of amides is 1. The van der Waals surface area contributed by atoms with E-state index in [-0.39, 0.29) is 5.91 Å². The SMILES string of the molecule is C=CCCC(C)NCCCC(N)=O. The summed E-state index contributed by atoms with van der Waals surface area (Å²) in [4.78, 5) is 10.4. The van der Waals surface area contributed by atoms with Crippen LogP contribution in [0.2, 0.25) is 0 Å². The standard InChI is InChI=1S/C10H20N2O/c1-3-4-6-9(2)12-8-5-7-10(11)13/h3,9,12H,1,4-8H2,2H3,(H2,11,13). The number of carbonyl (C=O) groups is 1. The van der Waals surface area contributed by atoms with Gasteiger partial charge in [-0.05, 0) is 32.7 Å². The lowest BCUT2D eigenvalue weighted by atomic mass is 10.2. The van der Waals surface area contributed by atoms with E-state index in [0.29, 0.717) is 12.5 Å². The number of hydrogen-bond donors (Lipinski definition) is 2. The van der Waals surface area contributed by atoms with Crippen LogP contribution in [0, 0.1) is 0 Å². The number of nitrogens with one attached hydrogen (secondary N) is 1. The maximum Gasteiger partial charge on any atom is 0.217 e. The number of allylic oxidation sites excluding steroid dienone is 1. The minimum Gasteiger partial charge on any atom is -0.370 e. The fourth-order valence-electron chi connectivity index (χ4n) is 1.08. The van der Waals surface area contributed by atoms with E-state index < -0.39 is 0 Å². The molecule has 3 heteroatoms. The summed E-state index contributed by atoms with van der Waals surface area (Å²) >= 11 is 0. The normalized spacial score (nSPS) is 12.4. The monoisotopic (exact) mass is 184 g/mol. The van der Waals surface area contributed by atoms with Gasteiger partial charge in [0.25, 0.3) is 0 Å². The fraction of sp³-hybridized carbons (Fsp3) is 0.700. The van der Waals surface area contributed by atoms with Crippen LogP contribution in [-0.2, 0) is 4.79 Å². The first-order valence-corrected chi connectivity index (χ1v) is 4.79. The first kappa shape index (κ1) is 12.2.